The zero-order chi connectivity index (χ0) is 11.9. The van der Waals surface area contributed by atoms with Crippen LogP contribution in [0, 0.1) is 8.99 Å². The van der Waals surface area contributed by atoms with E-state index in [-0.39, 0.29) is 11.5 Å². The number of hydrogen-bond acceptors (Lipinski definition) is 2. The molecule has 0 heterocycles. The van der Waals surface area contributed by atoms with Crippen molar-refractivity contribution in [2.45, 2.75) is 38.2 Å². The quantitative estimate of drug-likeness (QED) is 0.768. The van der Waals surface area contributed by atoms with E-state index in [1.54, 1.807) is 0 Å². The van der Waals surface area contributed by atoms with Gasteiger partial charge in [0.1, 0.15) is 17.6 Å². The molecule has 0 amide bonds. The molecule has 2 aliphatic carbocycles. The molecule has 2 nitrogen and oxygen atoms in total. The Balaban J connectivity index is 1.74. The Bertz CT molecular complexity index is 432. The van der Waals surface area contributed by atoms with Gasteiger partial charge < -0.3 is 4.74 Å². The lowest BCUT2D eigenvalue weighted by atomic mass is 9.63. The van der Waals surface area contributed by atoms with E-state index in [1.807, 2.05) is 24.3 Å². The summed E-state index contributed by atoms with van der Waals surface area (Å²) in [6.07, 6.45) is 5.14. The number of benzene rings is 1. The average Bonchev–Trinajstić information content (AvgIpc) is 2.83. The first-order valence-corrected chi connectivity index (χ1v) is 7.24. The smallest absolute Gasteiger partial charge is 0.146 e. The minimum Gasteiger partial charge on any atom is -0.489 e. The first kappa shape index (κ1) is 11.5. The molecule has 0 aliphatic heterocycles. The lowest BCUT2D eigenvalue weighted by Crippen LogP contribution is -2.55. The number of halogens is 1. The van der Waals surface area contributed by atoms with Crippen molar-refractivity contribution in [1.82, 2.24) is 0 Å². The van der Waals surface area contributed by atoms with E-state index in [0.717, 1.165) is 18.6 Å². The van der Waals surface area contributed by atoms with Crippen LogP contribution in [-0.2, 0) is 4.79 Å². The normalized spacial score (nSPS) is 25.9. The standard InChI is InChI=1S/C14H15IO2/c15-10-3-5-11(6-4-10)17-13-9-12(16)14(13)7-1-2-8-14/h3-6,13H,1-2,7-9H2. The van der Waals surface area contributed by atoms with E-state index in [4.69, 9.17) is 4.74 Å². The molecule has 1 atom stereocenters. The lowest BCUT2D eigenvalue weighted by Gasteiger charge is -2.44. The van der Waals surface area contributed by atoms with Gasteiger partial charge in [0.2, 0.25) is 0 Å². The van der Waals surface area contributed by atoms with Gasteiger partial charge in [0.15, 0.2) is 0 Å². The summed E-state index contributed by atoms with van der Waals surface area (Å²) < 4.78 is 7.19. The van der Waals surface area contributed by atoms with E-state index in [2.05, 4.69) is 22.6 Å². The van der Waals surface area contributed by atoms with Crippen LogP contribution in [0.5, 0.6) is 5.75 Å². The summed E-state index contributed by atoms with van der Waals surface area (Å²) in [7, 11) is 0. The number of ether oxygens (including phenoxy) is 1. The molecule has 2 fully saturated rings. The topological polar surface area (TPSA) is 26.3 Å². The molecule has 1 aromatic rings. The maximum absolute atomic E-state index is 11.8. The molecular formula is C14H15IO2. The largest absolute Gasteiger partial charge is 0.489 e. The van der Waals surface area contributed by atoms with Crippen LogP contribution in [-0.4, -0.2) is 11.9 Å². The molecule has 0 aromatic heterocycles. The molecule has 1 aromatic carbocycles. The average molecular weight is 342 g/mol. The van der Waals surface area contributed by atoms with Gasteiger partial charge in [-0.1, -0.05) is 12.8 Å². The number of Topliss-reactive ketones (excluding diaryl/α,β-unsaturated/α-hetero) is 1. The van der Waals surface area contributed by atoms with Crippen molar-refractivity contribution in [3.63, 3.8) is 0 Å². The first-order chi connectivity index (χ1) is 8.21. The van der Waals surface area contributed by atoms with Crippen LogP contribution in [0.15, 0.2) is 24.3 Å². The van der Waals surface area contributed by atoms with Crippen molar-refractivity contribution < 1.29 is 9.53 Å². The maximum Gasteiger partial charge on any atom is 0.146 e. The second kappa shape index (κ2) is 4.26. The zero-order valence-electron chi connectivity index (χ0n) is 9.62. The molecule has 0 N–H and O–H groups in total. The van der Waals surface area contributed by atoms with Gasteiger partial charge in [-0.25, -0.2) is 0 Å². The highest BCUT2D eigenvalue weighted by Gasteiger charge is 2.57. The van der Waals surface area contributed by atoms with Gasteiger partial charge in [-0.3, -0.25) is 4.79 Å². The third kappa shape index (κ3) is 1.88. The summed E-state index contributed by atoms with van der Waals surface area (Å²) in [4.78, 5) is 11.8. The van der Waals surface area contributed by atoms with E-state index < -0.39 is 0 Å². The molecule has 90 valence electrons. The van der Waals surface area contributed by atoms with Crippen LogP contribution >= 0.6 is 22.6 Å². The monoisotopic (exact) mass is 342 g/mol. The molecule has 0 radical (unpaired) electrons. The Morgan fingerprint density at radius 2 is 1.82 bits per heavy atom. The molecule has 0 bridgehead atoms. The molecule has 1 spiro atoms. The van der Waals surface area contributed by atoms with Crippen molar-refractivity contribution in [3.05, 3.63) is 27.8 Å². The number of ketones is 1. The van der Waals surface area contributed by atoms with Crippen molar-refractivity contribution in [3.8, 4) is 5.75 Å². The van der Waals surface area contributed by atoms with Gasteiger partial charge in [-0.15, -0.1) is 0 Å². The van der Waals surface area contributed by atoms with Gasteiger partial charge >= 0.3 is 0 Å². The minimum absolute atomic E-state index is 0.122. The number of hydrogen-bond donors (Lipinski definition) is 0. The molecule has 0 saturated heterocycles. The summed E-state index contributed by atoms with van der Waals surface area (Å²) in [5.74, 6) is 1.32. The Morgan fingerprint density at radius 3 is 2.41 bits per heavy atom. The van der Waals surface area contributed by atoms with Crippen LogP contribution in [0.3, 0.4) is 0 Å². The van der Waals surface area contributed by atoms with E-state index in [0.29, 0.717) is 12.2 Å². The Morgan fingerprint density at radius 1 is 1.18 bits per heavy atom. The molecule has 3 rings (SSSR count). The summed E-state index contributed by atoms with van der Waals surface area (Å²) in [5.41, 5.74) is -0.122. The maximum atomic E-state index is 11.8. The SMILES string of the molecule is O=C1CC(Oc2ccc(I)cc2)C12CCCC2. The van der Waals surface area contributed by atoms with Crippen molar-refractivity contribution in [1.29, 1.82) is 0 Å². The predicted molar refractivity (Wildman–Crippen MR) is 74.1 cm³/mol. The highest BCUT2D eigenvalue weighted by Crippen LogP contribution is 2.51. The van der Waals surface area contributed by atoms with Crippen molar-refractivity contribution in [2.75, 3.05) is 0 Å². The minimum atomic E-state index is -0.122. The Kier molecular flexibility index (Phi) is 2.89. The van der Waals surface area contributed by atoms with Gasteiger partial charge in [-0.05, 0) is 59.7 Å². The third-order valence-corrected chi connectivity index (χ3v) is 4.85. The van der Waals surface area contributed by atoms with Crippen LogP contribution < -0.4 is 4.74 Å². The molecule has 17 heavy (non-hydrogen) atoms. The van der Waals surface area contributed by atoms with E-state index in [1.165, 1.54) is 16.4 Å². The number of carbonyl (C=O) groups is 1. The van der Waals surface area contributed by atoms with Gasteiger partial charge in [0, 0.05) is 9.99 Å². The summed E-state index contributed by atoms with van der Waals surface area (Å²) in [6.45, 7) is 0. The van der Waals surface area contributed by atoms with E-state index in [9.17, 15) is 4.79 Å². The third-order valence-electron chi connectivity index (χ3n) is 4.13. The Hall–Kier alpha value is -0.580. The second-order valence-corrected chi connectivity index (χ2v) is 6.30. The van der Waals surface area contributed by atoms with Crippen LogP contribution in [0.25, 0.3) is 0 Å². The zero-order valence-corrected chi connectivity index (χ0v) is 11.8. The van der Waals surface area contributed by atoms with Crippen molar-refractivity contribution >= 4 is 28.4 Å². The molecule has 3 heteroatoms. The highest BCUT2D eigenvalue weighted by molar-refractivity contribution is 14.1. The highest BCUT2D eigenvalue weighted by atomic mass is 127. The fourth-order valence-electron chi connectivity index (χ4n) is 3.05. The van der Waals surface area contributed by atoms with Crippen LogP contribution in [0.2, 0.25) is 0 Å². The van der Waals surface area contributed by atoms with Gasteiger partial charge in [0.25, 0.3) is 0 Å². The predicted octanol–water partition coefficient (Wildman–Crippen LogP) is 3.57. The van der Waals surface area contributed by atoms with Gasteiger partial charge in [-0.2, -0.15) is 0 Å². The molecule has 2 saturated carbocycles. The Labute approximate surface area is 115 Å². The molecular weight excluding hydrogens is 327 g/mol. The molecule has 1 unspecified atom stereocenters. The summed E-state index contributed by atoms with van der Waals surface area (Å²) in [5, 5.41) is 0. The van der Waals surface area contributed by atoms with Crippen molar-refractivity contribution in [2.24, 2.45) is 5.41 Å². The first-order valence-electron chi connectivity index (χ1n) is 6.16. The van der Waals surface area contributed by atoms with Gasteiger partial charge in [0.05, 0.1) is 5.41 Å². The fourth-order valence-corrected chi connectivity index (χ4v) is 3.41. The number of rotatable bonds is 2. The van der Waals surface area contributed by atoms with Crippen LogP contribution in [0.4, 0.5) is 0 Å². The fraction of sp³-hybridized carbons (Fsp3) is 0.500. The molecule has 2 aliphatic rings. The second-order valence-electron chi connectivity index (χ2n) is 5.05. The van der Waals surface area contributed by atoms with Crippen LogP contribution in [0.1, 0.15) is 32.1 Å². The number of carbonyl (C=O) groups excluding carboxylic acids is 1. The summed E-state index contributed by atoms with van der Waals surface area (Å²) >= 11 is 2.28. The lowest BCUT2D eigenvalue weighted by molar-refractivity contribution is -0.151. The summed E-state index contributed by atoms with van der Waals surface area (Å²) in [6, 6.07) is 8.07. The van der Waals surface area contributed by atoms with E-state index >= 15 is 0 Å².